The maximum Gasteiger partial charge on any atom is 0.407 e. The average molecular weight is 855 g/mol. The van der Waals surface area contributed by atoms with Crippen LogP contribution in [0, 0.1) is 11.8 Å². The minimum atomic E-state index is -0.959. The highest BCUT2D eigenvalue weighted by molar-refractivity contribution is 5.88. The van der Waals surface area contributed by atoms with Crippen LogP contribution in [0.25, 0.3) is 27.6 Å². The Kier molecular flexibility index (Phi) is 11.5. The second kappa shape index (κ2) is 17.2. The Morgan fingerprint density at radius 2 is 1.33 bits per heavy atom. The molecule has 0 spiro atoms. The van der Waals surface area contributed by atoms with Gasteiger partial charge in [0.05, 0.1) is 41.3 Å². The lowest BCUT2D eigenvalue weighted by Crippen LogP contribution is -2.51. The molecule has 3 aromatic carbocycles. The summed E-state index contributed by atoms with van der Waals surface area (Å²) in [6.45, 7) is 8.66. The Morgan fingerprint density at radius 1 is 0.746 bits per heavy atom. The van der Waals surface area contributed by atoms with Gasteiger partial charge in [0.25, 0.3) is 5.91 Å². The van der Waals surface area contributed by atoms with Crippen molar-refractivity contribution in [2.45, 2.75) is 115 Å². The predicted octanol–water partition coefficient (Wildman–Crippen LogP) is 8.50. The maximum atomic E-state index is 13.9. The number of H-pyrrole nitrogens is 2. The molecular weight excluding hydrogens is 797 g/mol. The quantitative estimate of drug-likeness (QED) is 0.0961. The van der Waals surface area contributed by atoms with Crippen molar-refractivity contribution >= 4 is 51.6 Å². The van der Waals surface area contributed by atoms with Crippen molar-refractivity contribution in [3.63, 3.8) is 0 Å². The number of nitrogens with one attached hydrogen (secondary N) is 3. The van der Waals surface area contributed by atoms with Gasteiger partial charge in [-0.15, -0.1) is 0 Å². The number of rotatable bonds is 12. The van der Waals surface area contributed by atoms with E-state index in [4.69, 9.17) is 25.2 Å². The molecule has 5 unspecified atom stereocenters. The van der Waals surface area contributed by atoms with Crippen molar-refractivity contribution < 1.29 is 28.7 Å². The van der Waals surface area contributed by atoms with Crippen LogP contribution in [0.3, 0.4) is 0 Å². The average Bonchev–Trinajstić information content (AvgIpc) is 3.81. The van der Waals surface area contributed by atoms with E-state index in [2.05, 4.69) is 82.0 Å². The number of carbonyl (C=O) groups excluding carboxylic acids is 4. The second-order valence-electron chi connectivity index (χ2n) is 18.5. The van der Waals surface area contributed by atoms with Gasteiger partial charge in [0.2, 0.25) is 5.91 Å². The molecule has 4 aliphatic rings. The van der Waals surface area contributed by atoms with Crippen LogP contribution in [0.1, 0.15) is 136 Å². The number of alkyl carbamates (subject to hydrolysis) is 1. The van der Waals surface area contributed by atoms with Crippen LogP contribution in [-0.4, -0.2) is 86.1 Å². The number of nitrogens with zero attached hydrogens (tertiary/aromatic N) is 4. The van der Waals surface area contributed by atoms with Crippen molar-refractivity contribution in [3.05, 3.63) is 101 Å². The van der Waals surface area contributed by atoms with Crippen molar-refractivity contribution in [3.8, 4) is 0 Å². The lowest BCUT2D eigenvalue weighted by Gasteiger charge is -2.29. The molecule has 14 nitrogen and oxygen atoms in total. The molecule has 1 saturated carbocycles. The van der Waals surface area contributed by atoms with E-state index in [1.807, 2.05) is 32.6 Å². The van der Waals surface area contributed by atoms with Gasteiger partial charge >= 0.3 is 12.2 Å². The third-order valence-electron chi connectivity index (χ3n) is 13.6. The van der Waals surface area contributed by atoms with Crippen LogP contribution >= 0.6 is 0 Å². The summed E-state index contributed by atoms with van der Waals surface area (Å²) in [5.41, 5.74) is 15.1. The number of primary amides is 1. The van der Waals surface area contributed by atoms with Gasteiger partial charge in [-0.1, -0.05) is 70.2 Å². The lowest BCUT2D eigenvalue weighted by atomic mass is 9.78. The van der Waals surface area contributed by atoms with Crippen LogP contribution in [-0.2, 0) is 19.1 Å². The summed E-state index contributed by atoms with van der Waals surface area (Å²) in [7, 11) is 1.30. The zero-order chi connectivity index (χ0) is 44.1. The van der Waals surface area contributed by atoms with Gasteiger partial charge in [-0.05, 0) is 121 Å². The number of hydrogen-bond acceptors (Lipinski definition) is 8. The summed E-state index contributed by atoms with van der Waals surface area (Å²) in [6.07, 6.45) is 6.37. The van der Waals surface area contributed by atoms with Crippen LogP contribution in [0.5, 0.6) is 0 Å². The van der Waals surface area contributed by atoms with E-state index in [1.54, 1.807) is 4.90 Å². The highest BCUT2D eigenvalue weighted by Gasteiger charge is 2.40. The number of hydrogen-bond donors (Lipinski definition) is 4. The molecule has 6 atom stereocenters. The predicted molar refractivity (Wildman–Crippen MR) is 240 cm³/mol. The normalized spacial score (nSPS) is 22.2. The molecule has 2 aromatic heterocycles. The van der Waals surface area contributed by atoms with Gasteiger partial charge < -0.3 is 40.3 Å². The van der Waals surface area contributed by atoms with E-state index in [0.29, 0.717) is 19.0 Å². The summed E-state index contributed by atoms with van der Waals surface area (Å²) in [6, 6.07) is 21.0. The van der Waals surface area contributed by atoms with E-state index in [1.165, 1.54) is 42.2 Å². The smallest absolute Gasteiger partial charge is 0.407 e. The molecule has 3 fully saturated rings. The molecule has 9 rings (SSSR count). The number of nitrogens with two attached hydrogens (primary N) is 1. The minimum Gasteiger partial charge on any atom is -0.453 e. The fourth-order valence-corrected chi connectivity index (χ4v) is 10.2. The summed E-state index contributed by atoms with van der Waals surface area (Å²) < 4.78 is 10.1. The second-order valence-corrected chi connectivity index (χ2v) is 18.5. The third kappa shape index (κ3) is 8.27. The molecule has 4 amide bonds. The summed E-state index contributed by atoms with van der Waals surface area (Å²) in [5, 5.41) is 2.74. The van der Waals surface area contributed by atoms with Gasteiger partial charge in [0, 0.05) is 19.0 Å². The van der Waals surface area contributed by atoms with Gasteiger partial charge in [-0.2, -0.15) is 0 Å². The number of aromatic amines is 2. The number of carbonyl (C=O) groups is 4. The van der Waals surface area contributed by atoms with Crippen LogP contribution in [0.4, 0.5) is 9.59 Å². The summed E-state index contributed by atoms with van der Waals surface area (Å²) in [5.74, 6) is 1.63. The summed E-state index contributed by atoms with van der Waals surface area (Å²) in [4.78, 5) is 72.2. The highest BCUT2D eigenvalue weighted by atomic mass is 16.6. The lowest BCUT2D eigenvalue weighted by molar-refractivity contribution is -0.143. The molecule has 5 aromatic rings. The molecule has 4 heterocycles. The fourth-order valence-electron chi connectivity index (χ4n) is 10.2. The molecule has 330 valence electrons. The number of aromatic nitrogens is 4. The molecule has 0 bridgehead atoms. The molecule has 2 aliphatic heterocycles. The van der Waals surface area contributed by atoms with E-state index in [-0.39, 0.29) is 47.6 Å². The van der Waals surface area contributed by atoms with Crippen molar-refractivity contribution in [1.82, 2.24) is 35.1 Å². The number of imidazole rings is 2. The molecule has 63 heavy (non-hydrogen) atoms. The maximum absolute atomic E-state index is 13.9. The Morgan fingerprint density at radius 3 is 1.92 bits per heavy atom. The Balaban J connectivity index is 1.00. The fraction of sp³-hybridized carbons (Fsp3) is 0.469. The standard InChI is InChI=1S/C49H58N8O6/c1-26(2)42(55-49(61)62-5)46(58)56-22-6-8-39(56)44-51-35-20-16-31(24-37(35)53-44)33-18-19-34(41(33)30-14-12-29(13-15-30)28-10-11-28)32-17-21-36-38(25-32)54-45(52-36)40-9-7-23-57(40)47(59)43(27(3)4)63-48(50)60/h12-17,19-21,24-28,33,39-43H,6-11,18,22-23H2,1-5H3,(H2,50,60)(H,51,53)(H,52,54)(H,55,61)/t33?,39?,40?,41?,42?,43-/m0/s1. The zero-order valence-corrected chi connectivity index (χ0v) is 36.7. The zero-order valence-electron chi connectivity index (χ0n) is 36.7. The van der Waals surface area contributed by atoms with Crippen LogP contribution in [0.2, 0.25) is 0 Å². The molecule has 2 saturated heterocycles. The number of likely N-dealkylation sites (tertiary alicyclic amines) is 2. The topological polar surface area (TPSA) is 189 Å². The number of fused-ring (bicyclic) bond motifs is 2. The summed E-state index contributed by atoms with van der Waals surface area (Å²) >= 11 is 0. The Hall–Kier alpha value is -6.18. The molecular formula is C49H58N8O6. The van der Waals surface area contributed by atoms with Crippen molar-refractivity contribution in [2.75, 3.05) is 20.2 Å². The largest absolute Gasteiger partial charge is 0.453 e. The van der Waals surface area contributed by atoms with Gasteiger partial charge in [0.1, 0.15) is 17.7 Å². The Bertz CT molecular complexity index is 2570. The van der Waals surface area contributed by atoms with Crippen molar-refractivity contribution in [2.24, 2.45) is 17.6 Å². The Labute approximate surface area is 367 Å². The highest BCUT2D eigenvalue weighted by Crippen LogP contribution is 2.51. The first-order chi connectivity index (χ1) is 30.4. The first-order valence-electron chi connectivity index (χ1n) is 22.6. The first-order valence-corrected chi connectivity index (χ1v) is 22.6. The van der Waals surface area contributed by atoms with E-state index in [0.717, 1.165) is 71.4 Å². The number of benzene rings is 3. The number of amides is 4. The van der Waals surface area contributed by atoms with Gasteiger partial charge in [-0.3, -0.25) is 9.59 Å². The van der Waals surface area contributed by atoms with Gasteiger partial charge in [0.15, 0.2) is 6.10 Å². The van der Waals surface area contributed by atoms with Crippen molar-refractivity contribution in [1.29, 1.82) is 0 Å². The number of ether oxygens (including phenoxy) is 2. The number of allylic oxidation sites excluding steroid dienone is 2. The van der Waals surface area contributed by atoms with Gasteiger partial charge in [-0.25, -0.2) is 19.6 Å². The molecule has 14 heteroatoms. The molecule has 5 N–H and O–H groups in total. The van der Waals surface area contributed by atoms with Crippen LogP contribution < -0.4 is 11.1 Å². The molecule has 2 aliphatic carbocycles. The number of methoxy groups -OCH3 is 1. The monoisotopic (exact) mass is 854 g/mol. The molecule has 0 radical (unpaired) electrons. The SMILES string of the molecule is COC(=O)NC(C(=O)N1CCCC1c1nc2ccc(C3CC=C(c4ccc5nc(C6CCCN6C(=O)[C@@H](OC(N)=O)C(C)C)[nH]c5c4)C3c3ccc(C4CC4)cc3)cc2[nH]1)C(C)C. The van der Waals surface area contributed by atoms with E-state index >= 15 is 0 Å². The first kappa shape index (κ1) is 42.1. The van der Waals surface area contributed by atoms with E-state index in [9.17, 15) is 19.2 Å². The van der Waals surface area contributed by atoms with E-state index < -0.39 is 24.3 Å². The minimum absolute atomic E-state index is 0.0809. The third-order valence-corrected chi connectivity index (χ3v) is 13.6. The van der Waals surface area contributed by atoms with Crippen LogP contribution in [0.15, 0.2) is 66.7 Å².